The molecule has 0 bridgehead atoms. The lowest BCUT2D eigenvalue weighted by molar-refractivity contribution is -0.0499. The van der Waals surface area contributed by atoms with E-state index in [1.165, 1.54) is 12.1 Å². The average molecular weight is 251 g/mol. The van der Waals surface area contributed by atoms with Gasteiger partial charge in [-0.25, -0.2) is 0 Å². The fourth-order valence-corrected chi connectivity index (χ4v) is 1.32. The van der Waals surface area contributed by atoms with Crippen LogP contribution >= 0.6 is 11.6 Å². The Morgan fingerprint density at radius 1 is 1.50 bits per heavy atom. The number of hydrogen-bond donors (Lipinski definition) is 1. The van der Waals surface area contributed by atoms with Gasteiger partial charge in [-0.1, -0.05) is 0 Å². The van der Waals surface area contributed by atoms with Gasteiger partial charge in [0.05, 0.1) is 5.56 Å². The molecule has 0 saturated carbocycles. The molecular formula is C10H9ClF2O3. The first-order chi connectivity index (χ1) is 7.54. The molecule has 0 radical (unpaired) electrons. The zero-order chi connectivity index (χ0) is 12.1. The van der Waals surface area contributed by atoms with Gasteiger partial charge < -0.3 is 9.84 Å². The summed E-state index contributed by atoms with van der Waals surface area (Å²) in [5.74, 6) is -0.813. The van der Waals surface area contributed by atoms with E-state index < -0.39 is 12.4 Å². The van der Waals surface area contributed by atoms with Crippen LogP contribution in [0.25, 0.3) is 0 Å². The average Bonchev–Trinajstić information content (AvgIpc) is 2.16. The SMILES string of the molecule is O=C(CCCl)c1ccc(OC(F)F)cc1O. The van der Waals surface area contributed by atoms with Crippen molar-refractivity contribution >= 4 is 17.4 Å². The van der Waals surface area contributed by atoms with Crippen LogP contribution in [0, 0.1) is 0 Å². The fourth-order valence-electron chi connectivity index (χ4n) is 1.14. The number of benzene rings is 1. The van der Waals surface area contributed by atoms with Crippen molar-refractivity contribution in [3.8, 4) is 11.5 Å². The molecule has 0 unspecified atom stereocenters. The highest BCUT2D eigenvalue weighted by atomic mass is 35.5. The molecule has 6 heteroatoms. The Morgan fingerprint density at radius 2 is 2.19 bits per heavy atom. The van der Waals surface area contributed by atoms with Crippen molar-refractivity contribution in [2.24, 2.45) is 0 Å². The lowest BCUT2D eigenvalue weighted by atomic mass is 10.1. The fraction of sp³-hybridized carbons (Fsp3) is 0.300. The number of aromatic hydroxyl groups is 1. The minimum absolute atomic E-state index is 0.0438. The first kappa shape index (κ1) is 12.7. The monoisotopic (exact) mass is 250 g/mol. The van der Waals surface area contributed by atoms with Crippen LogP contribution in [0.5, 0.6) is 11.5 Å². The molecule has 0 aromatic heterocycles. The molecule has 1 N–H and O–H groups in total. The quantitative estimate of drug-likeness (QED) is 0.646. The summed E-state index contributed by atoms with van der Waals surface area (Å²) >= 11 is 5.37. The number of carbonyl (C=O) groups excluding carboxylic acids is 1. The van der Waals surface area contributed by atoms with Crippen molar-refractivity contribution in [1.82, 2.24) is 0 Å². The predicted molar refractivity (Wildman–Crippen MR) is 54.4 cm³/mol. The molecule has 0 aliphatic carbocycles. The normalized spacial score (nSPS) is 10.5. The number of rotatable bonds is 5. The summed E-state index contributed by atoms with van der Waals surface area (Å²) in [6.07, 6.45) is 0.0736. The molecule has 1 aromatic rings. The summed E-state index contributed by atoms with van der Waals surface area (Å²) in [5, 5.41) is 9.41. The second-order valence-corrected chi connectivity index (χ2v) is 3.30. The van der Waals surface area contributed by atoms with Crippen molar-refractivity contribution < 1.29 is 23.4 Å². The third-order valence-electron chi connectivity index (χ3n) is 1.82. The second kappa shape index (κ2) is 5.65. The van der Waals surface area contributed by atoms with Gasteiger partial charge >= 0.3 is 6.61 Å². The smallest absolute Gasteiger partial charge is 0.387 e. The van der Waals surface area contributed by atoms with Crippen LogP contribution in [0.2, 0.25) is 0 Å². The molecule has 0 heterocycles. The number of hydrogen-bond acceptors (Lipinski definition) is 3. The number of phenolic OH excluding ortho intramolecular Hbond substituents is 1. The van der Waals surface area contributed by atoms with Crippen molar-refractivity contribution in [3.63, 3.8) is 0 Å². The van der Waals surface area contributed by atoms with Gasteiger partial charge in [0.2, 0.25) is 0 Å². The van der Waals surface area contributed by atoms with Gasteiger partial charge in [-0.15, -0.1) is 11.6 Å². The molecule has 88 valence electrons. The molecule has 0 atom stereocenters. The largest absolute Gasteiger partial charge is 0.507 e. The van der Waals surface area contributed by atoms with Crippen LogP contribution in [-0.2, 0) is 0 Å². The third-order valence-corrected chi connectivity index (χ3v) is 2.01. The maximum Gasteiger partial charge on any atom is 0.387 e. The lowest BCUT2D eigenvalue weighted by Gasteiger charge is -2.07. The van der Waals surface area contributed by atoms with E-state index in [0.29, 0.717) is 0 Å². The van der Waals surface area contributed by atoms with E-state index in [9.17, 15) is 18.7 Å². The number of phenols is 1. The van der Waals surface area contributed by atoms with Crippen molar-refractivity contribution in [3.05, 3.63) is 23.8 Å². The van der Waals surface area contributed by atoms with Crippen molar-refractivity contribution in [2.75, 3.05) is 5.88 Å². The topological polar surface area (TPSA) is 46.5 Å². The van der Waals surface area contributed by atoms with Crippen LogP contribution in [-0.4, -0.2) is 23.4 Å². The summed E-state index contributed by atoms with van der Waals surface area (Å²) in [5.41, 5.74) is 0.0438. The van der Waals surface area contributed by atoms with E-state index >= 15 is 0 Å². The van der Waals surface area contributed by atoms with Crippen molar-refractivity contribution in [1.29, 1.82) is 0 Å². The summed E-state index contributed by atoms with van der Waals surface area (Å²) in [6.45, 7) is -2.97. The molecule has 0 fully saturated rings. The maximum atomic E-state index is 11.8. The molecule has 0 saturated heterocycles. The van der Waals surface area contributed by atoms with Gasteiger partial charge in [0.25, 0.3) is 0 Å². The Labute approximate surface area is 95.6 Å². The van der Waals surface area contributed by atoms with Gasteiger partial charge in [0.15, 0.2) is 5.78 Å². The van der Waals surface area contributed by atoms with Gasteiger partial charge in [0.1, 0.15) is 11.5 Å². The van der Waals surface area contributed by atoms with Crippen LogP contribution in [0.1, 0.15) is 16.8 Å². The Balaban J connectivity index is 2.87. The first-order valence-electron chi connectivity index (χ1n) is 4.41. The van der Waals surface area contributed by atoms with Crippen LogP contribution in [0.3, 0.4) is 0 Å². The van der Waals surface area contributed by atoms with Crippen LogP contribution < -0.4 is 4.74 Å². The van der Waals surface area contributed by atoms with E-state index in [4.69, 9.17) is 11.6 Å². The molecule has 1 rings (SSSR count). The zero-order valence-electron chi connectivity index (χ0n) is 8.12. The second-order valence-electron chi connectivity index (χ2n) is 2.92. The van der Waals surface area contributed by atoms with E-state index in [2.05, 4.69) is 4.74 Å². The van der Waals surface area contributed by atoms with Crippen LogP contribution in [0.15, 0.2) is 18.2 Å². The van der Waals surface area contributed by atoms with Crippen LogP contribution in [0.4, 0.5) is 8.78 Å². The molecule has 0 spiro atoms. The molecular weight excluding hydrogens is 242 g/mol. The summed E-state index contributed by atoms with van der Waals surface area (Å²) in [6, 6.07) is 3.38. The highest BCUT2D eigenvalue weighted by Crippen LogP contribution is 2.25. The summed E-state index contributed by atoms with van der Waals surface area (Å²) in [7, 11) is 0. The highest BCUT2D eigenvalue weighted by Gasteiger charge is 2.12. The minimum atomic E-state index is -2.97. The van der Waals surface area contributed by atoms with Gasteiger partial charge in [-0.2, -0.15) is 8.78 Å². The van der Waals surface area contributed by atoms with Crippen molar-refractivity contribution in [2.45, 2.75) is 13.0 Å². The van der Waals surface area contributed by atoms with E-state index in [-0.39, 0.29) is 29.4 Å². The number of ether oxygens (including phenoxy) is 1. The number of Topliss-reactive ketones (excluding diaryl/α,β-unsaturated/α-hetero) is 1. The Bertz CT molecular complexity index is 382. The predicted octanol–water partition coefficient (Wildman–Crippen LogP) is 2.81. The van der Waals surface area contributed by atoms with Gasteiger partial charge in [-0.3, -0.25) is 4.79 Å². The summed E-state index contributed by atoms with van der Waals surface area (Å²) in [4.78, 5) is 11.4. The minimum Gasteiger partial charge on any atom is -0.507 e. The molecule has 3 nitrogen and oxygen atoms in total. The molecule has 1 aromatic carbocycles. The number of carbonyl (C=O) groups is 1. The Morgan fingerprint density at radius 3 is 2.69 bits per heavy atom. The van der Waals surface area contributed by atoms with E-state index in [0.717, 1.165) is 6.07 Å². The Hall–Kier alpha value is -1.36. The first-order valence-corrected chi connectivity index (χ1v) is 4.95. The molecule has 0 aliphatic rings. The van der Waals surface area contributed by atoms with E-state index in [1.807, 2.05) is 0 Å². The maximum absolute atomic E-state index is 11.8. The van der Waals surface area contributed by atoms with Gasteiger partial charge in [-0.05, 0) is 12.1 Å². The molecule has 0 aliphatic heterocycles. The third kappa shape index (κ3) is 3.34. The number of alkyl halides is 3. The zero-order valence-corrected chi connectivity index (χ0v) is 8.88. The summed E-state index contributed by atoms with van der Waals surface area (Å²) < 4.78 is 27.7. The number of halogens is 3. The lowest BCUT2D eigenvalue weighted by Crippen LogP contribution is -2.04. The molecule has 0 amide bonds. The van der Waals surface area contributed by atoms with E-state index in [1.54, 1.807) is 0 Å². The highest BCUT2D eigenvalue weighted by molar-refractivity contribution is 6.19. The van der Waals surface area contributed by atoms with Gasteiger partial charge in [0, 0.05) is 18.4 Å². The number of ketones is 1. The standard InChI is InChI=1S/C10H9ClF2O3/c11-4-3-8(14)7-2-1-6(5-9(7)15)16-10(12)13/h1-2,5,10,15H,3-4H2. The Kier molecular flexibility index (Phi) is 4.49. The molecule has 16 heavy (non-hydrogen) atoms.